The number of hydrogen-bond acceptors (Lipinski definition) is 7. The molecular formula is C18H14N4O2S. The summed E-state index contributed by atoms with van der Waals surface area (Å²) in [5.74, 6) is 2.12. The predicted octanol–water partition coefficient (Wildman–Crippen LogP) is 4.39. The first-order valence-electron chi connectivity index (χ1n) is 7.69. The van der Waals surface area contributed by atoms with Gasteiger partial charge in [0.1, 0.15) is 0 Å². The second-order valence-corrected chi connectivity index (χ2v) is 6.34. The first-order chi connectivity index (χ1) is 12.3. The monoisotopic (exact) mass is 350 g/mol. The van der Waals surface area contributed by atoms with Crippen LogP contribution in [0.2, 0.25) is 0 Å². The van der Waals surface area contributed by atoms with E-state index in [1.54, 1.807) is 0 Å². The van der Waals surface area contributed by atoms with Gasteiger partial charge in [0.15, 0.2) is 0 Å². The molecule has 2 aromatic heterocycles. The number of aryl methyl sites for hydroxylation is 1. The molecule has 2 heterocycles. The highest BCUT2D eigenvalue weighted by molar-refractivity contribution is 7.98. The third-order valence-electron chi connectivity index (χ3n) is 3.54. The maximum absolute atomic E-state index is 5.27. The molecule has 7 heteroatoms. The Morgan fingerprint density at radius 1 is 0.800 bits per heavy atom. The summed E-state index contributed by atoms with van der Waals surface area (Å²) in [6, 6.07) is 17.7. The maximum atomic E-state index is 5.27. The summed E-state index contributed by atoms with van der Waals surface area (Å²) in [7, 11) is 0. The second-order valence-electron chi connectivity index (χ2n) is 5.42. The molecule has 2 aromatic carbocycles. The van der Waals surface area contributed by atoms with Gasteiger partial charge in [-0.25, -0.2) is 0 Å². The van der Waals surface area contributed by atoms with Crippen molar-refractivity contribution in [2.24, 2.45) is 0 Å². The zero-order valence-corrected chi connectivity index (χ0v) is 14.2. The molecule has 124 valence electrons. The lowest BCUT2D eigenvalue weighted by atomic mass is 10.1. The molecule has 0 spiro atoms. The summed E-state index contributed by atoms with van der Waals surface area (Å²) < 4.78 is 10.5. The lowest BCUT2D eigenvalue weighted by Crippen LogP contribution is -1.83. The fourth-order valence-corrected chi connectivity index (χ4v) is 2.83. The van der Waals surface area contributed by atoms with Crippen LogP contribution in [0.3, 0.4) is 0 Å². The van der Waals surface area contributed by atoms with E-state index in [0.717, 1.165) is 11.1 Å². The number of thioether (sulfide) groups is 1. The smallest absolute Gasteiger partial charge is 0.286 e. The van der Waals surface area contributed by atoms with Gasteiger partial charge < -0.3 is 9.05 Å². The average Bonchev–Trinajstić information content (AvgIpc) is 3.31. The summed E-state index contributed by atoms with van der Waals surface area (Å²) >= 11 is 1.36. The molecule has 0 unspecified atom stereocenters. The molecule has 0 aliphatic heterocycles. The summed E-state index contributed by atoms with van der Waals surface area (Å²) in [6.07, 6.45) is 0. The first kappa shape index (κ1) is 15.6. The lowest BCUT2D eigenvalue weighted by molar-refractivity contribution is 0.340. The molecule has 0 saturated heterocycles. The molecule has 0 amide bonds. The largest absolute Gasteiger partial charge is 0.338 e. The second kappa shape index (κ2) is 6.90. The normalized spacial score (nSPS) is 10.9. The Balaban J connectivity index is 1.42. The fraction of sp³-hybridized carbons (Fsp3) is 0.111. The van der Waals surface area contributed by atoms with Gasteiger partial charge in [-0.05, 0) is 6.92 Å². The fourth-order valence-electron chi connectivity index (χ4n) is 2.23. The molecule has 0 saturated carbocycles. The summed E-state index contributed by atoms with van der Waals surface area (Å²) in [4.78, 5) is 8.77. The van der Waals surface area contributed by atoms with E-state index in [1.807, 2.05) is 61.5 Å². The van der Waals surface area contributed by atoms with Crippen molar-refractivity contribution in [3.63, 3.8) is 0 Å². The van der Waals surface area contributed by atoms with E-state index in [2.05, 4.69) is 20.3 Å². The van der Waals surface area contributed by atoms with Crippen LogP contribution in [0.25, 0.3) is 22.8 Å². The van der Waals surface area contributed by atoms with Crippen LogP contribution in [0.4, 0.5) is 0 Å². The van der Waals surface area contributed by atoms with Crippen molar-refractivity contribution < 1.29 is 9.05 Å². The number of hydrogen-bond donors (Lipinski definition) is 0. The van der Waals surface area contributed by atoms with Crippen molar-refractivity contribution in [2.75, 3.05) is 0 Å². The summed E-state index contributed by atoms with van der Waals surface area (Å²) in [5.41, 5.74) is 3.03. The quantitative estimate of drug-likeness (QED) is 0.494. The highest BCUT2D eigenvalue weighted by Crippen LogP contribution is 2.25. The molecule has 0 fully saturated rings. The Morgan fingerprint density at radius 3 is 2.28 bits per heavy atom. The zero-order valence-electron chi connectivity index (χ0n) is 13.4. The van der Waals surface area contributed by atoms with Crippen molar-refractivity contribution in [3.8, 4) is 22.8 Å². The minimum Gasteiger partial charge on any atom is -0.338 e. The molecule has 0 atom stereocenters. The average molecular weight is 350 g/mol. The Hall–Kier alpha value is -2.93. The van der Waals surface area contributed by atoms with E-state index < -0.39 is 0 Å². The van der Waals surface area contributed by atoms with Gasteiger partial charge in [0.05, 0.1) is 5.75 Å². The van der Waals surface area contributed by atoms with E-state index in [4.69, 9.17) is 9.05 Å². The number of aromatic nitrogens is 4. The van der Waals surface area contributed by atoms with E-state index in [9.17, 15) is 0 Å². The Labute approximate surface area is 148 Å². The molecule has 0 radical (unpaired) electrons. The molecule has 0 aliphatic carbocycles. The van der Waals surface area contributed by atoms with Gasteiger partial charge in [-0.15, -0.1) is 0 Å². The van der Waals surface area contributed by atoms with Gasteiger partial charge in [-0.3, -0.25) is 0 Å². The van der Waals surface area contributed by atoms with Crippen molar-refractivity contribution in [1.82, 2.24) is 20.3 Å². The number of rotatable bonds is 5. The molecule has 4 rings (SSSR count). The maximum Gasteiger partial charge on any atom is 0.286 e. The predicted molar refractivity (Wildman–Crippen MR) is 93.8 cm³/mol. The zero-order chi connectivity index (χ0) is 17.1. The van der Waals surface area contributed by atoms with Gasteiger partial charge in [0, 0.05) is 11.1 Å². The Kier molecular flexibility index (Phi) is 4.30. The van der Waals surface area contributed by atoms with Gasteiger partial charge >= 0.3 is 0 Å². The van der Waals surface area contributed by atoms with Crippen LogP contribution >= 0.6 is 11.8 Å². The molecule has 0 N–H and O–H groups in total. The number of nitrogens with zero attached hydrogens (tertiary/aromatic N) is 4. The standard InChI is InChI=1S/C18H14N4O2S/c1-12-7-9-14(10-8-12)17-20-18(24-22-17)25-11-15-19-16(21-23-15)13-5-3-2-4-6-13/h2-10H,11H2,1H3. The van der Waals surface area contributed by atoms with E-state index >= 15 is 0 Å². The van der Waals surface area contributed by atoms with Crippen LogP contribution < -0.4 is 0 Å². The van der Waals surface area contributed by atoms with Gasteiger partial charge in [0.2, 0.25) is 17.5 Å². The molecule has 25 heavy (non-hydrogen) atoms. The SMILES string of the molecule is Cc1ccc(-c2noc(SCc3nc(-c4ccccc4)no3)n2)cc1. The van der Waals surface area contributed by atoms with Gasteiger partial charge in [-0.1, -0.05) is 82.2 Å². The van der Waals surface area contributed by atoms with Crippen LogP contribution in [-0.2, 0) is 5.75 Å². The topological polar surface area (TPSA) is 77.8 Å². The van der Waals surface area contributed by atoms with Crippen molar-refractivity contribution >= 4 is 11.8 Å². The van der Waals surface area contributed by atoms with Crippen LogP contribution in [0.5, 0.6) is 0 Å². The van der Waals surface area contributed by atoms with Crippen LogP contribution in [0.15, 0.2) is 68.9 Å². The highest BCUT2D eigenvalue weighted by atomic mass is 32.2. The molecule has 0 bridgehead atoms. The Morgan fingerprint density at radius 2 is 1.48 bits per heavy atom. The van der Waals surface area contributed by atoms with E-state index in [1.165, 1.54) is 17.3 Å². The molecule has 6 nitrogen and oxygen atoms in total. The molecule has 0 aliphatic rings. The van der Waals surface area contributed by atoms with E-state index in [0.29, 0.717) is 28.5 Å². The highest BCUT2D eigenvalue weighted by Gasteiger charge is 2.13. The minimum atomic E-state index is 0.468. The third kappa shape index (κ3) is 3.61. The van der Waals surface area contributed by atoms with Crippen LogP contribution in [-0.4, -0.2) is 20.3 Å². The van der Waals surface area contributed by atoms with Crippen molar-refractivity contribution in [2.45, 2.75) is 17.9 Å². The van der Waals surface area contributed by atoms with E-state index in [-0.39, 0.29) is 0 Å². The third-order valence-corrected chi connectivity index (χ3v) is 4.34. The molecule has 4 aromatic rings. The Bertz CT molecular complexity index is 964. The first-order valence-corrected chi connectivity index (χ1v) is 8.68. The van der Waals surface area contributed by atoms with Crippen molar-refractivity contribution in [1.29, 1.82) is 0 Å². The van der Waals surface area contributed by atoms with Crippen molar-refractivity contribution in [3.05, 3.63) is 66.1 Å². The number of benzene rings is 2. The van der Waals surface area contributed by atoms with Crippen LogP contribution in [0, 0.1) is 6.92 Å². The van der Waals surface area contributed by atoms with Crippen LogP contribution in [0.1, 0.15) is 11.5 Å². The van der Waals surface area contributed by atoms with Gasteiger partial charge in [-0.2, -0.15) is 9.97 Å². The molecular weight excluding hydrogens is 336 g/mol. The minimum absolute atomic E-state index is 0.468. The summed E-state index contributed by atoms with van der Waals surface area (Å²) in [5, 5.41) is 8.47. The van der Waals surface area contributed by atoms with Gasteiger partial charge in [0.25, 0.3) is 5.22 Å². The summed E-state index contributed by atoms with van der Waals surface area (Å²) in [6.45, 7) is 2.04. The lowest BCUT2D eigenvalue weighted by Gasteiger charge is -1.94.